The summed E-state index contributed by atoms with van der Waals surface area (Å²) < 4.78 is 1.75. The molecule has 0 saturated heterocycles. The second-order valence-corrected chi connectivity index (χ2v) is 4.00. The van der Waals surface area contributed by atoms with Crippen molar-refractivity contribution in [2.24, 2.45) is 0 Å². The molecule has 1 aromatic heterocycles. The molecular weight excluding hydrogens is 242 g/mol. The zero-order chi connectivity index (χ0) is 12.6. The number of hydrogen-bond donors (Lipinski definition) is 0. The highest BCUT2D eigenvalue weighted by Gasteiger charge is 2.12. The molecular formula is C11H10ClN3O2. The Bertz CT molecular complexity index is 575. The van der Waals surface area contributed by atoms with E-state index in [2.05, 4.69) is 4.98 Å². The summed E-state index contributed by atoms with van der Waals surface area (Å²) in [5.41, 5.74) is 2.58. The van der Waals surface area contributed by atoms with Crippen molar-refractivity contribution in [3.05, 3.63) is 51.1 Å². The van der Waals surface area contributed by atoms with Crippen LogP contribution in [0.25, 0.3) is 5.69 Å². The molecule has 2 rings (SSSR count). The molecule has 0 radical (unpaired) electrons. The molecule has 0 amide bonds. The van der Waals surface area contributed by atoms with Crippen LogP contribution in [0.4, 0.5) is 5.69 Å². The highest BCUT2D eigenvalue weighted by molar-refractivity contribution is 6.28. The molecule has 0 unspecified atom stereocenters. The predicted octanol–water partition coefficient (Wildman–Crippen LogP) is 3.05. The van der Waals surface area contributed by atoms with Crippen LogP contribution in [-0.2, 0) is 0 Å². The fourth-order valence-electron chi connectivity index (χ4n) is 1.59. The first-order chi connectivity index (χ1) is 8.00. The van der Waals surface area contributed by atoms with E-state index in [0.717, 1.165) is 17.1 Å². The molecule has 6 heteroatoms. The lowest BCUT2D eigenvalue weighted by molar-refractivity contribution is -0.384. The number of nitro groups is 1. The molecule has 88 valence electrons. The van der Waals surface area contributed by atoms with Crippen molar-refractivity contribution in [1.29, 1.82) is 0 Å². The van der Waals surface area contributed by atoms with Gasteiger partial charge in [0.25, 0.3) is 5.69 Å². The molecule has 1 heterocycles. The minimum Gasteiger partial charge on any atom is -0.288 e. The minimum absolute atomic E-state index is 0.0550. The third-order valence-electron chi connectivity index (χ3n) is 2.62. The smallest absolute Gasteiger partial charge is 0.269 e. The summed E-state index contributed by atoms with van der Waals surface area (Å²) in [7, 11) is 0. The van der Waals surface area contributed by atoms with E-state index in [-0.39, 0.29) is 5.69 Å². The minimum atomic E-state index is -0.433. The van der Waals surface area contributed by atoms with E-state index in [0.29, 0.717) is 5.28 Å². The number of non-ortho nitro benzene ring substituents is 1. The molecule has 0 aliphatic rings. The SMILES string of the molecule is Cc1nc(Cl)n(-c2ccc([N+](=O)[O-])cc2)c1C. The Balaban J connectivity index is 2.50. The average molecular weight is 252 g/mol. The van der Waals surface area contributed by atoms with Crippen molar-refractivity contribution >= 4 is 17.3 Å². The quantitative estimate of drug-likeness (QED) is 0.609. The van der Waals surface area contributed by atoms with Gasteiger partial charge in [-0.2, -0.15) is 0 Å². The largest absolute Gasteiger partial charge is 0.288 e. The van der Waals surface area contributed by atoms with Crippen molar-refractivity contribution in [1.82, 2.24) is 9.55 Å². The van der Waals surface area contributed by atoms with Crippen molar-refractivity contribution in [2.75, 3.05) is 0 Å². The number of benzene rings is 1. The van der Waals surface area contributed by atoms with Gasteiger partial charge in [0.2, 0.25) is 5.28 Å². The predicted molar refractivity (Wildman–Crippen MR) is 64.7 cm³/mol. The Labute approximate surface area is 103 Å². The van der Waals surface area contributed by atoms with Crippen molar-refractivity contribution in [3.63, 3.8) is 0 Å². The first-order valence-electron chi connectivity index (χ1n) is 4.97. The number of rotatable bonds is 2. The van der Waals surface area contributed by atoms with E-state index in [1.54, 1.807) is 16.7 Å². The van der Waals surface area contributed by atoms with Gasteiger partial charge < -0.3 is 0 Å². The van der Waals surface area contributed by atoms with Crippen LogP contribution in [0.1, 0.15) is 11.4 Å². The number of imidazole rings is 1. The topological polar surface area (TPSA) is 61.0 Å². The summed E-state index contributed by atoms with van der Waals surface area (Å²) in [6.07, 6.45) is 0. The highest BCUT2D eigenvalue weighted by atomic mass is 35.5. The third-order valence-corrected chi connectivity index (χ3v) is 2.88. The van der Waals surface area contributed by atoms with Crippen LogP contribution in [0, 0.1) is 24.0 Å². The van der Waals surface area contributed by atoms with E-state index >= 15 is 0 Å². The fourth-order valence-corrected chi connectivity index (χ4v) is 1.94. The van der Waals surface area contributed by atoms with E-state index in [4.69, 9.17) is 11.6 Å². The summed E-state index contributed by atoms with van der Waals surface area (Å²) in [6.45, 7) is 3.76. The molecule has 0 atom stereocenters. The van der Waals surface area contributed by atoms with Crippen LogP contribution in [0.5, 0.6) is 0 Å². The maximum absolute atomic E-state index is 10.5. The number of nitro benzene ring substituents is 1. The van der Waals surface area contributed by atoms with Gasteiger partial charge in [-0.25, -0.2) is 4.98 Å². The van der Waals surface area contributed by atoms with Gasteiger partial charge in [0, 0.05) is 23.5 Å². The van der Waals surface area contributed by atoms with E-state index in [1.165, 1.54) is 12.1 Å². The summed E-state index contributed by atoms with van der Waals surface area (Å²) in [5.74, 6) is 0. The molecule has 0 bridgehead atoms. The van der Waals surface area contributed by atoms with Crippen LogP contribution in [-0.4, -0.2) is 14.5 Å². The molecule has 1 aromatic carbocycles. The van der Waals surface area contributed by atoms with Crippen LogP contribution in [0.15, 0.2) is 24.3 Å². The Morgan fingerprint density at radius 1 is 1.29 bits per heavy atom. The molecule has 0 N–H and O–H groups in total. The lowest BCUT2D eigenvalue weighted by atomic mass is 10.2. The normalized spacial score (nSPS) is 10.5. The van der Waals surface area contributed by atoms with Crippen molar-refractivity contribution in [3.8, 4) is 5.69 Å². The summed E-state index contributed by atoms with van der Waals surface area (Å²) in [5, 5.41) is 10.9. The van der Waals surface area contributed by atoms with Crippen LogP contribution < -0.4 is 0 Å². The van der Waals surface area contributed by atoms with Gasteiger partial charge >= 0.3 is 0 Å². The van der Waals surface area contributed by atoms with Crippen LogP contribution >= 0.6 is 11.6 Å². The molecule has 0 spiro atoms. The average Bonchev–Trinajstić information content (AvgIpc) is 2.53. The molecule has 0 aliphatic carbocycles. The maximum atomic E-state index is 10.5. The van der Waals surface area contributed by atoms with E-state index in [1.807, 2.05) is 13.8 Å². The molecule has 0 saturated carbocycles. The summed E-state index contributed by atoms with van der Waals surface area (Å²) in [6, 6.07) is 6.19. The van der Waals surface area contributed by atoms with Crippen LogP contribution in [0.3, 0.4) is 0 Å². The molecule has 5 nitrogen and oxygen atoms in total. The van der Waals surface area contributed by atoms with Gasteiger partial charge in [0.05, 0.1) is 10.6 Å². The number of hydrogen-bond acceptors (Lipinski definition) is 3. The molecule has 0 aliphatic heterocycles. The highest BCUT2D eigenvalue weighted by Crippen LogP contribution is 2.22. The second-order valence-electron chi connectivity index (χ2n) is 3.66. The standard InChI is InChI=1S/C11H10ClN3O2/c1-7-8(2)14(11(12)13-7)9-3-5-10(6-4-9)15(16)17/h3-6H,1-2H3. The molecule has 0 fully saturated rings. The van der Waals surface area contributed by atoms with Gasteiger partial charge in [-0.1, -0.05) is 0 Å². The van der Waals surface area contributed by atoms with Gasteiger partial charge in [-0.05, 0) is 37.6 Å². The number of halogens is 1. The number of aromatic nitrogens is 2. The first kappa shape index (κ1) is 11.6. The summed E-state index contributed by atoms with van der Waals surface area (Å²) in [4.78, 5) is 14.3. The summed E-state index contributed by atoms with van der Waals surface area (Å²) >= 11 is 6.01. The Kier molecular flexibility index (Phi) is 2.85. The van der Waals surface area contributed by atoms with Gasteiger partial charge in [-0.3, -0.25) is 14.7 Å². The zero-order valence-corrected chi connectivity index (χ0v) is 10.1. The zero-order valence-electron chi connectivity index (χ0n) is 9.35. The third kappa shape index (κ3) is 2.01. The van der Waals surface area contributed by atoms with Gasteiger partial charge in [-0.15, -0.1) is 0 Å². The lowest BCUT2D eigenvalue weighted by Crippen LogP contribution is -1.97. The second kappa shape index (κ2) is 4.18. The van der Waals surface area contributed by atoms with Crippen LogP contribution in [0.2, 0.25) is 5.28 Å². The Hall–Kier alpha value is -1.88. The maximum Gasteiger partial charge on any atom is 0.269 e. The Morgan fingerprint density at radius 3 is 2.29 bits per heavy atom. The monoisotopic (exact) mass is 251 g/mol. The molecule has 2 aromatic rings. The fraction of sp³-hybridized carbons (Fsp3) is 0.182. The Morgan fingerprint density at radius 2 is 1.88 bits per heavy atom. The van der Waals surface area contributed by atoms with Gasteiger partial charge in [0.15, 0.2) is 0 Å². The number of aryl methyl sites for hydroxylation is 1. The number of nitrogens with zero attached hydrogens (tertiary/aromatic N) is 3. The van der Waals surface area contributed by atoms with E-state index in [9.17, 15) is 10.1 Å². The lowest BCUT2D eigenvalue weighted by Gasteiger charge is -2.06. The van der Waals surface area contributed by atoms with Gasteiger partial charge in [0.1, 0.15) is 0 Å². The van der Waals surface area contributed by atoms with E-state index < -0.39 is 4.92 Å². The molecule has 17 heavy (non-hydrogen) atoms. The van der Waals surface area contributed by atoms with Crippen molar-refractivity contribution in [2.45, 2.75) is 13.8 Å². The first-order valence-corrected chi connectivity index (χ1v) is 5.35. The van der Waals surface area contributed by atoms with Crippen molar-refractivity contribution < 1.29 is 4.92 Å².